The van der Waals surface area contributed by atoms with Crippen LogP contribution < -0.4 is 0 Å². The van der Waals surface area contributed by atoms with Gasteiger partial charge in [0, 0.05) is 36.9 Å². The molecule has 0 spiro atoms. The summed E-state index contributed by atoms with van der Waals surface area (Å²) in [7, 11) is 0. The van der Waals surface area contributed by atoms with Gasteiger partial charge in [0.1, 0.15) is 0 Å². The molecule has 0 aromatic rings. The zero-order valence-electron chi connectivity index (χ0n) is 8.95. The minimum atomic E-state index is 0.307. The van der Waals surface area contributed by atoms with E-state index in [-0.39, 0.29) is 0 Å². The van der Waals surface area contributed by atoms with Crippen molar-refractivity contribution in [1.29, 1.82) is 0 Å². The van der Waals surface area contributed by atoms with Gasteiger partial charge in [-0.2, -0.15) is 0 Å². The number of halogens is 1. The van der Waals surface area contributed by atoms with E-state index in [0.29, 0.717) is 24.3 Å². The molecule has 0 aromatic heterocycles. The van der Waals surface area contributed by atoms with E-state index in [4.69, 9.17) is 4.74 Å². The quantitative estimate of drug-likeness (QED) is 0.717. The SMILES string of the molecule is O=C(CCBr)N(CC1CCOC1)C1CC1. The largest absolute Gasteiger partial charge is 0.381 e. The van der Waals surface area contributed by atoms with Crippen molar-refractivity contribution < 1.29 is 9.53 Å². The van der Waals surface area contributed by atoms with E-state index < -0.39 is 0 Å². The lowest BCUT2D eigenvalue weighted by Gasteiger charge is -2.24. The van der Waals surface area contributed by atoms with Crippen LogP contribution in [0.15, 0.2) is 0 Å². The van der Waals surface area contributed by atoms with Crippen LogP contribution >= 0.6 is 15.9 Å². The molecule has 1 atom stereocenters. The van der Waals surface area contributed by atoms with Gasteiger partial charge >= 0.3 is 0 Å². The number of hydrogen-bond acceptors (Lipinski definition) is 2. The molecule has 86 valence electrons. The van der Waals surface area contributed by atoms with E-state index in [1.54, 1.807) is 0 Å². The Labute approximate surface area is 99.3 Å². The summed E-state index contributed by atoms with van der Waals surface area (Å²) < 4.78 is 5.35. The summed E-state index contributed by atoms with van der Waals surface area (Å²) in [5.41, 5.74) is 0. The van der Waals surface area contributed by atoms with Gasteiger partial charge in [-0.3, -0.25) is 4.79 Å². The first-order valence-electron chi connectivity index (χ1n) is 5.74. The average molecular weight is 276 g/mol. The van der Waals surface area contributed by atoms with Gasteiger partial charge in [0.15, 0.2) is 0 Å². The van der Waals surface area contributed by atoms with Crippen molar-refractivity contribution in [2.24, 2.45) is 5.92 Å². The molecular weight excluding hydrogens is 258 g/mol. The molecule has 1 heterocycles. The van der Waals surface area contributed by atoms with E-state index >= 15 is 0 Å². The lowest BCUT2D eigenvalue weighted by atomic mass is 10.1. The normalized spacial score (nSPS) is 25.5. The second-order valence-electron chi connectivity index (χ2n) is 4.45. The molecule has 0 N–H and O–H groups in total. The Morgan fingerprint density at radius 2 is 2.20 bits per heavy atom. The van der Waals surface area contributed by atoms with Crippen molar-refractivity contribution in [2.75, 3.05) is 25.1 Å². The van der Waals surface area contributed by atoms with Crippen LogP contribution in [0.5, 0.6) is 0 Å². The summed E-state index contributed by atoms with van der Waals surface area (Å²) in [6.07, 6.45) is 4.14. The van der Waals surface area contributed by atoms with Crippen molar-refractivity contribution in [3.63, 3.8) is 0 Å². The van der Waals surface area contributed by atoms with Crippen LogP contribution in [0.25, 0.3) is 0 Å². The van der Waals surface area contributed by atoms with E-state index in [1.165, 1.54) is 12.8 Å². The first kappa shape index (κ1) is 11.4. The second-order valence-corrected chi connectivity index (χ2v) is 5.24. The summed E-state index contributed by atoms with van der Waals surface area (Å²) in [4.78, 5) is 14.0. The fourth-order valence-corrected chi connectivity index (χ4v) is 2.41. The molecule has 15 heavy (non-hydrogen) atoms. The molecule has 0 radical (unpaired) electrons. The molecule has 2 aliphatic rings. The minimum Gasteiger partial charge on any atom is -0.381 e. The molecule has 1 aliphatic carbocycles. The van der Waals surface area contributed by atoms with E-state index in [0.717, 1.165) is 31.5 Å². The maximum atomic E-state index is 11.9. The first-order chi connectivity index (χ1) is 7.31. The predicted octanol–water partition coefficient (Wildman–Crippen LogP) is 1.80. The van der Waals surface area contributed by atoms with Gasteiger partial charge < -0.3 is 9.64 Å². The fourth-order valence-electron chi connectivity index (χ4n) is 2.07. The Kier molecular flexibility index (Phi) is 4.03. The molecule has 1 aliphatic heterocycles. The maximum absolute atomic E-state index is 11.9. The van der Waals surface area contributed by atoms with E-state index in [1.807, 2.05) is 0 Å². The second kappa shape index (κ2) is 5.30. The van der Waals surface area contributed by atoms with Gasteiger partial charge in [-0.05, 0) is 19.3 Å². The molecule has 4 heteroatoms. The van der Waals surface area contributed by atoms with Gasteiger partial charge in [0.25, 0.3) is 0 Å². The van der Waals surface area contributed by atoms with Crippen LogP contribution in [0.1, 0.15) is 25.7 Å². The smallest absolute Gasteiger partial charge is 0.223 e. The highest BCUT2D eigenvalue weighted by Gasteiger charge is 2.34. The first-order valence-corrected chi connectivity index (χ1v) is 6.86. The Morgan fingerprint density at radius 1 is 1.40 bits per heavy atom. The standard InChI is InChI=1S/C11H18BrNO2/c12-5-3-11(14)13(10-1-2-10)7-9-4-6-15-8-9/h9-10H,1-8H2. The Hall–Kier alpha value is -0.0900. The summed E-state index contributed by atoms with van der Waals surface area (Å²) in [6.45, 7) is 2.62. The lowest BCUT2D eigenvalue weighted by molar-refractivity contribution is -0.132. The molecule has 0 aromatic carbocycles. The lowest BCUT2D eigenvalue weighted by Crippen LogP contribution is -2.37. The zero-order valence-corrected chi connectivity index (χ0v) is 10.5. The van der Waals surface area contributed by atoms with Crippen LogP contribution in [-0.4, -0.2) is 41.9 Å². The zero-order chi connectivity index (χ0) is 10.7. The summed E-state index contributed by atoms with van der Waals surface area (Å²) in [5.74, 6) is 0.881. The van der Waals surface area contributed by atoms with Gasteiger partial charge in [0.2, 0.25) is 5.91 Å². The number of hydrogen-bond donors (Lipinski definition) is 0. The van der Waals surface area contributed by atoms with Crippen molar-refractivity contribution in [3.05, 3.63) is 0 Å². The number of alkyl halides is 1. The van der Waals surface area contributed by atoms with Gasteiger partial charge in [-0.1, -0.05) is 15.9 Å². The Balaban J connectivity index is 1.84. The highest BCUT2D eigenvalue weighted by molar-refractivity contribution is 9.09. The summed E-state index contributed by atoms with van der Waals surface area (Å²) >= 11 is 3.33. The van der Waals surface area contributed by atoms with Crippen molar-refractivity contribution in [3.8, 4) is 0 Å². The molecule has 1 saturated carbocycles. The van der Waals surface area contributed by atoms with Crippen molar-refractivity contribution >= 4 is 21.8 Å². The van der Waals surface area contributed by atoms with Gasteiger partial charge in [-0.15, -0.1) is 0 Å². The van der Waals surface area contributed by atoms with Crippen LogP contribution in [0, 0.1) is 5.92 Å². The third-order valence-corrected chi connectivity index (χ3v) is 3.49. The van der Waals surface area contributed by atoms with Gasteiger partial charge in [-0.25, -0.2) is 0 Å². The Bertz CT molecular complexity index is 225. The van der Waals surface area contributed by atoms with Crippen LogP contribution in [-0.2, 0) is 9.53 Å². The number of ether oxygens (including phenoxy) is 1. The predicted molar refractivity (Wildman–Crippen MR) is 62.1 cm³/mol. The monoisotopic (exact) mass is 275 g/mol. The van der Waals surface area contributed by atoms with E-state index in [9.17, 15) is 4.79 Å². The van der Waals surface area contributed by atoms with E-state index in [2.05, 4.69) is 20.8 Å². The number of nitrogens with zero attached hydrogens (tertiary/aromatic N) is 1. The average Bonchev–Trinajstić information content (AvgIpc) is 2.93. The molecular formula is C11H18BrNO2. The van der Waals surface area contributed by atoms with Crippen LogP contribution in [0.2, 0.25) is 0 Å². The molecule has 1 saturated heterocycles. The number of carbonyl (C=O) groups is 1. The third kappa shape index (κ3) is 3.18. The van der Waals surface area contributed by atoms with Gasteiger partial charge in [0.05, 0.1) is 6.61 Å². The highest BCUT2D eigenvalue weighted by atomic mass is 79.9. The summed E-state index contributed by atoms with van der Waals surface area (Å²) in [5, 5.41) is 0.774. The molecule has 2 rings (SSSR count). The van der Waals surface area contributed by atoms with Crippen molar-refractivity contribution in [1.82, 2.24) is 4.90 Å². The number of amides is 1. The summed E-state index contributed by atoms with van der Waals surface area (Å²) in [6, 6.07) is 0.539. The molecule has 0 bridgehead atoms. The molecule has 2 fully saturated rings. The third-order valence-electron chi connectivity index (χ3n) is 3.10. The minimum absolute atomic E-state index is 0.307. The molecule has 1 amide bonds. The number of rotatable bonds is 5. The number of carbonyl (C=O) groups excluding carboxylic acids is 1. The van der Waals surface area contributed by atoms with Crippen molar-refractivity contribution in [2.45, 2.75) is 31.7 Å². The maximum Gasteiger partial charge on any atom is 0.223 e. The Morgan fingerprint density at radius 3 is 2.73 bits per heavy atom. The highest BCUT2D eigenvalue weighted by Crippen LogP contribution is 2.29. The van der Waals surface area contributed by atoms with Crippen LogP contribution in [0.4, 0.5) is 0 Å². The topological polar surface area (TPSA) is 29.5 Å². The molecule has 3 nitrogen and oxygen atoms in total. The van der Waals surface area contributed by atoms with Crippen LogP contribution in [0.3, 0.4) is 0 Å². The fraction of sp³-hybridized carbons (Fsp3) is 0.909. The molecule has 1 unspecified atom stereocenters.